The van der Waals surface area contributed by atoms with Crippen LogP contribution in [0.2, 0.25) is 0 Å². The van der Waals surface area contributed by atoms with Gasteiger partial charge in [0.2, 0.25) is 0 Å². The van der Waals surface area contributed by atoms with Crippen molar-refractivity contribution in [1.82, 2.24) is 4.98 Å². The van der Waals surface area contributed by atoms with Gasteiger partial charge in [-0.1, -0.05) is 6.07 Å². The molecule has 0 radical (unpaired) electrons. The van der Waals surface area contributed by atoms with Crippen molar-refractivity contribution < 1.29 is 9.15 Å². The Hall–Kier alpha value is -2.49. The molecule has 0 saturated heterocycles. The van der Waals surface area contributed by atoms with E-state index in [0.29, 0.717) is 12.6 Å². The lowest BCUT2D eigenvalue weighted by molar-refractivity contribution is 0.340. The number of hydrogen-bond donors (Lipinski definition) is 1. The van der Waals surface area contributed by atoms with Crippen LogP contribution in [0.25, 0.3) is 11.1 Å². The van der Waals surface area contributed by atoms with E-state index in [4.69, 9.17) is 9.15 Å². The minimum absolute atomic E-state index is 0.495. The second-order valence-electron chi connectivity index (χ2n) is 4.57. The molecule has 0 atom stereocenters. The quantitative estimate of drug-likeness (QED) is 0.767. The highest BCUT2D eigenvalue weighted by atomic mass is 16.5. The molecule has 0 aliphatic rings. The van der Waals surface area contributed by atoms with Crippen molar-refractivity contribution in [2.45, 2.75) is 13.8 Å². The fourth-order valence-corrected chi connectivity index (χ4v) is 2.02. The van der Waals surface area contributed by atoms with Gasteiger partial charge in [-0.2, -0.15) is 4.98 Å². The molecule has 0 amide bonds. The van der Waals surface area contributed by atoms with E-state index in [9.17, 15) is 0 Å². The molecule has 0 aliphatic heterocycles. The highest BCUT2D eigenvalue weighted by Crippen LogP contribution is 2.24. The third kappa shape index (κ3) is 2.59. The van der Waals surface area contributed by atoms with Crippen LogP contribution >= 0.6 is 0 Å². The van der Waals surface area contributed by atoms with Crippen molar-refractivity contribution in [1.29, 1.82) is 0 Å². The predicted octanol–water partition coefficient (Wildman–Crippen LogP) is 4.28. The number of aromatic nitrogens is 1. The van der Waals surface area contributed by atoms with E-state index in [2.05, 4.69) is 10.3 Å². The lowest BCUT2D eigenvalue weighted by Crippen LogP contribution is -1.93. The molecule has 1 heterocycles. The summed E-state index contributed by atoms with van der Waals surface area (Å²) in [5.41, 5.74) is 3.72. The maximum absolute atomic E-state index is 5.65. The first kappa shape index (κ1) is 12.5. The van der Waals surface area contributed by atoms with Gasteiger partial charge < -0.3 is 14.5 Å². The summed E-state index contributed by atoms with van der Waals surface area (Å²) in [6.07, 6.45) is 0. The van der Waals surface area contributed by atoms with Crippen molar-refractivity contribution >= 4 is 22.8 Å². The zero-order valence-electron chi connectivity index (χ0n) is 11.5. The first-order valence-electron chi connectivity index (χ1n) is 6.61. The molecule has 1 N–H and O–H groups in total. The van der Waals surface area contributed by atoms with Crippen molar-refractivity contribution in [2.75, 3.05) is 11.9 Å². The van der Waals surface area contributed by atoms with E-state index >= 15 is 0 Å². The summed E-state index contributed by atoms with van der Waals surface area (Å²) in [6.45, 7) is 4.66. The van der Waals surface area contributed by atoms with E-state index in [1.807, 2.05) is 56.3 Å². The van der Waals surface area contributed by atoms with Crippen LogP contribution in [-0.4, -0.2) is 11.6 Å². The largest absolute Gasteiger partial charge is 0.494 e. The number of oxazole rings is 1. The number of aryl methyl sites for hydroxylation is 1. The summed E-state index contributed by atoms with van der Waals surface area (Å²) in [5.74, 6) is 0.853. The number of hydrogen-bond acceptors (Lipinski definition) is 4. The van der Waals surface area contributed by atoms with Gasteiger partial charge in [0.25, 0.3) is 6.01 Å². The molecule has 20 heavy (non-hydrogen) atoms. The van der Waals surface area contributed by atoms with Gasteiger partial charge in [0.05, 0.1) is 6.61 Å². The standard InChI is InChI=1S/C16H16N2O2/c1-3-19-13-7-5-12(6-8-13)17-16-18-14-10-11(2)4-9-15(14)20-16/h4-10H,3H2,1-2H3,(H,17,18). The number of rotatable bonds is 4. The van der Waals surface area contributed by atoms with Crippen LogP contribution < -0.4 is 10.1 Å². The first-order chi connectivity index (χ1) is 9.74. The van der Waals surface area contributed by atoms with E-state index in [1.54, 1.807) is 0 Å². The monoisotopic (exact) mass is 268 g/mol. The molecule has 102 valence electrons. The van der Waals surface area contributed by atoms with Crippen LogP contribution in [0, 0.1) is 6.92 Å². The third-order valence-electron chi connectivity index (χ3n) is 2.96. The van der Waals surface area contributed by atoms with E-state index in [0.717, 1.165) is 22.5 Å². The molecule has 0 unspecified atom stereocenters. The fraction of sp³-hybridized carbons (Fsp3) is 0.188. The Balaban J connectivity index is 1.81. The van der Waals surface area contributed by atoms with Crippen LogP contribution in [0.5, 0.6) is 5.75 Å². The molecule has 3 aromatic rings. The van der Waals surface area contributed by atoms with Crippen LogP contribution in [0.1, 0.15) is 12.5 Å². The zero-order valence-corrected chi connectivity index (χ0v) is 11.5. The second kappa shape index (κ2) is 5.25. The second-order valence-corrected chi connectivity index (χ2v) is 4.57. The molecular weight excluding hydrogens is 252 g/mol. The van der Waals surface area contributed by atoms with Crippen LogP contribution in [0.3, 0.4) is 0 Å². The molecule has 4 nitrogen and oxygen atoms in total. The number of benzene rings is 2. The molecule has 0 aliphatic carbocycles. The van der Waals surface area contributed by atoms with Crippen LogP contribution in [0.4, 0.5) is 11.7 Å². The molecule has 4 heteroatoms. The summed E-state index contributed by atoms with van der Waals surface area (Å²) in [7, 11) is 0. The molecular formula is C16H16N2O2. The Bertz CT molecular complexity index is 717. The molecule has 0 spiro atoms. The SMILES string of the molecule is CCOc1ccc(Nc2nc3cc(C)ccc3o2)cc1. The third-order valence-corrected chi connectivity index (χ3v) is 2.96. The normalized spacial score (nSPS) is 10.7. The maximum Gasteiger partial charge on any atom is 0.300 e. The number of fused-ring (bicyclic) bond motifs is 1. The molecule has 1 aromatic heterocycles. The summed E-state index contributed by atoms with van der Waals surface area (Å²) in [5, 5.41) is 3.15. The topological polar surface area (TPSA) is 47.3 Å². The van der Waals surface area contributed by atoms with Gasteiger partial charge in [0.1, 0.15) is 11.3 Å². The van der Waals surface area contributed by atoms with Gasteiger partial charge in [-0.3, -0.25) is 0 Å². The van der Waals surface area contributed by atoms with Crippen molar-refractivity contribution in [3.8, 4) is 5.75 Å². The molecule has 2 aromatic carbocycles. The van der Waals surface area contributed by atoms with Crippen molar-refractivity contribution in [3.63, 3.8) is 0 Å². The first-order valence-corrected chi connectivity index (χ1v) is 6.61. The van der Waals surface area contributed by atoms with Gasteiger partial charge >= 0.3 is 0 Å². The summed E-state index contributed by atoms with van der Waals surface area (Å²) >= 11 is 0. The maximum atomic E-state index is 5.65. The fourth-order valence-electron chi connectivity index (χ4n) is 2.02. The Morgan fingerprint density at radius 3 is 2.70 bits per heavy atom. The number of ether oxygens (including phenoxy) is 1. The van der Waals surface area contributed by atoms with E-state index in [-0.39, 0.29) is 0 Å². The smallest absolute Gasteiger partial charge is 0.300 e. The summed E-state index contributed by atoms with van der Waals surface area (Å²) in [6, 6.07) is 14.1. The minimum Gasteiger partial charge on any atom is -0.494 e. The van der Waals surface area contributed by atoms with Crippen molar-refractivity contribution in [2.24, 2.45) is 0 Å². The number of nitrogens with zero attached hydrogens (tertiary/aromatic N) is 1. The highest BCUT2D eigenvalue weighted by molar-refractivity contribution is 5.76. The van der Waals surface area contributed by atoms with Gasteiger partial charge in [0, 0.05) is 5.69 Å². The highest BCUT2D eigenvalue weighted by Gasteiger charge is 2.06. The Kier molecular flexibility index (Phi) is 3.29. The Morgan fingerprint density at radius 1 is 1.15 bits per heavy atom. The van der Waals surface area contributed by atoms with E-state index < -0.39 is 0 Å². The Morgan fingerprint density at radius 2 is 1.95 bits per heavy atom. The molecule has 0 bridgehead atoms. The predicted molar refractivity (Wildman–Crippen MR) is 79.6 cm³/mol. The lowest BCUT2D eigenvalue weighted by atomic mass is 10.2. The minimum atomic E-state index is 0.495. The summed E-state index contributed by atoms with van der Waals surface area (Å²) < 4.78 is 11.1. The average molecular weight is 268 g/mol. The van der Waals surface area contributed by atoms with E-state index in [1.165, 1.54) is 5.56 Å². The average Bonchev–Trinajstić information content (AvgIpc) is 2.82. The van der Waals surface area contributed by atoms with Gasteiger partial charge in [0.15, 0.2) is 5.58 Å². The van der Waals surface area contributed by atoms with Crippen LogP contribution in [-0.2, 0) is 0 Å². The number of anilines is 2. The lowest BCUT2D eigenvalue weighted by Gasteiger charge is -2.04. The number of nitrogens with one attached hydrogen (secondary N) is 1. The van der Waals surface area contributed by atoms with Gasteiger partial charge in [-0.25, -0.2) is 0 Å². The van der Waals surface area contributed by atoms with Gasteiger partial charge in [-0.15, -0.1) is 0 Å². The zero-order chi connectivity index (χ0) is 13.9. The Labute approximate surface area is 117 Å². The molecule has 0 saturated carbocycles. The summed E-state index contributed by atoms with van der Waals surface area (Å²) in [4.78, 5) is 4.42. The van der Waals surface area contributed by atoms with Crippen molar-refractivity contribution in [3.05, 3.63) is 48.0 Å². The molecule has 3 rings (SSSR count). The molecule has 0 fully saturated rings. The van der Waals surface area contributed by atoms with Gasteiger partial charge in [-0.05, 0) is 55.8 Å². The van der Waals surface area contributed by atoms with Crippen LogP contribution in [0.15, 0.2) is 46.9 Å².